The van der Waals surface area contributed by atoms with Crippen LogP contribution in [0.2, 0.25) is 0 Å². The largest absolute Gasteiger partial charge is 0.328 e. The van der Waals surface area contributed by atoms with Crippen molar-refractivity contribution < 1.29 is 8.42 Å². The first-order valence-electron chi connectivity index (χ1n) is 9.45. The van der Waals surface area contributed by atoms with Crippen LogP contribution in [0.5, 0.6) is 0 Å². The third-order valence-corrected chi connectivity index (χ3v) is 8.60. The molecule has 6 nitrogen and oxygen atoms in total. The average Bonchev–Trinajstić information content (AvgIpc) is 3.36. The zero-order valence-corrected chi connectivity index (χ0v) is 19.4. The van der Waals surface area contributed by atoms with Gasteiger partial charge in [-0.2, -0.15) is 0 Å². The summed E-state index contributed by atoms with van der Waals surface area (Å²) in [5.74, 6) is 1.58. The van der Waals surface area contributed by atoms with Crippen LogP contribution in [0.15, 0.2) is 63.1 Å². The molecule has 4 rings (SSSR count). The summed E-state index contributed by atoms with van der Waals surface area (Å²) in [5.41, 5.74) is 3.72. The number of imidazole rings is 1. The Labute approximate surface area is 184 Å². The number of thiazole rings is 1. The summed E-state index contributed by atoms with van der Waals surface area (Å²) in [6, 6.07) is 15.3. The molecule has 0 radical (unpaired) electrons. The molecule has 30 heavy (non-hydrogen) atoms. The highest BCUT2D eigenvalue weighted by molar-refractivity contribution is 8.00. The number of aryl methyl sites for hydroxylation is 1. The Balaban J connectivity index is 1.59. The Morgan fingerprint density at radius 3 is 2.57 bits per heavy atom. The molecule has 0 fully saturated rings. The minimum Gasteiger partial charge on any atom is -0.328 e. The Morgan fingerprint density at radius 2 is 1.87 bits per heavy atom. The fourth-order valence-corrected chi connectivity index (χ4v) is 5.89. The van der Waals surface area contributed by atoms with Crippen LogP contribution < -0.4 is 0 Å². The first-order valence-corrected chi connectivity index (χ1v) is 12.8. The maximum Gasteiger partial charge on any atom is 0.242 e. The fraction of sp³-hybridized carbons (Fsp3) is 0.238. The van der Waals surface area contributed by atoms with E-state index < -0.39 is 10.0 Å². The van der Waals surface area contributed by atoms with E-state index in [4.69, 9.17) is 9.97 Å². The van der Waals surface area contributed by atoms with Gasteiger partial charge in [-0.05, 0) is 25.1 Å². The number of hydrogen-bond donors (Lipinski definition) is 0. The van der Waals surface area contributed by atoms with Crippen LogP contribution in [0.1, 0.15) is 12.7 Å². The molecule has 2 aromatic heterocycles. The van der Waals surface area contributed by atoms with Crippen molar-refractivity contribution in [3.05, 3.63) is 59.7 Å². The van der Waals surface area contributed by atoms with Gasteiger partial charge in [-0.1, -0.05) is 42.1 Å². The van der Waals surface area contributed by atoms with Crippen molar-refractivity contribution in [3.8, 4) is 11.3 Å². The highest BCUT2D eigenvalue weighted by Gasteiger charge is 2.19. The zero-order valence-electron chi connectivity index (χ0n) is 16.9. The molecule has 156 valence electrons. The summed E-state index contributed by atoms with van der Waals surface area (Å²) in [6.07, 6.45) is 0. The summed E-state index contributed by atoms with van der Waals surface area (Å²) in [5, 5.41) is 2.07. The first-order chi connectivity index (χ1) is 14.4. The van der Waals surface area contributed by atoms with Gasteiger partial charge in [0.15, 0.2) is 4.34 Å². The smallest absolute Gasteiger partial charge is 0.242 e. The lowest BCUT2D eigenvalue weighted by molar-refractivity contribution is 0.521. The van der Waals surface area contributed by atoms with E-state index >= 15 is 0 Å². The van der Waals surface area contributed by atoms with Gasteiger partial charge < -0.3 is 4.57 Å². The van der Waals surface area contributed by atoms with Crippen LogP contribution in [0.4, 0.5) is 0 Å². The predicted molar refractivity (Wildman–Crippen MR) is 123 cm³/mol. The van der Waals surface area contributed by atoms with E-state index in [-0.39, 0.29) is 4.90 Å². The normalized spacial score (nSPS) is 12.1. The molecule has 9 heteroatoms. The van der Waals surface area contributed by atoms with E-state index in [1.807, 2.05) is 24.3 Å². The van der Waals surface area contributed by atoms with Gasteiger partial charge in [0.1, 0.15) is 5.82 Å². The zero-order chi connectivity index (χ0) is 21.3. The topological polar surface area (TPSA) is 68.1 Å². The van der Waals surface area contributed by atoms with Gasteiger partial charge >= 0.3 is 0 Å². The quantitative estimate of drug-likeness (QED) is 0.375. The molecule has 0 aliphatic rings. The minimum absolute atomic E-state index is 0.257. The fourth-order valence-electron chi connectivity index (χ4n) is 3.19. The number of aromatic nitrogens is 3. The van der Waals surface area contributed by atoms with Gasteiger partial charge in [-0.3, -0.25) is 0 Å². The lowest BCUT2D eigenvalue weighted by Crippen LogP contribution is -2.22. The minimum atomic E-state index is -3.49. The maximum absolute atomic E-state index is 12.4. The van der Waals surface area contributed by atoms with Crippen molar-refractivity contribution in [2.75, 3.05) is 14.1 Å². The van der Waals surface area contributed by atoms with Gasteiger partial charge in [0, 0.05) is 31.6 Å². The SMILES string of the molecule is CCn1c(CSc2nc(-c3ccccc3)cs2)nc2cc(S(=O)(=O)N(C)C)ccc21. The van der Waals surface area contributed by atoms with E-state index in [9.17, 15) is 8.42 Å². The second-order valence-electron chi connectivity index (χ2n) is 6.86. The van der Waals surface area contributed by atoms with E-state index in [1.54, 1.807) is 35.2 Å². The standard InChI is InChI=1S/C21H22N4O2S3/c1-4-25-19-11-10-16(30(26,27)24(2)3)12-17(19)22-20(25)14-29-21-23-18(13-28-21)15-8-6-5-7-9-15/h5-13H,4,14H2,1-3H3. The Bertz CT molecular complexity index is 1280. The third-order valence-electron chi connectivity index (χ3n) is 4.77. The summed E-state index contributed by atoms with van der Waals surface area (Å²) in [7, 11) is -0.424. The van der Waals surface area contributed by atoms with Crippen LogP contribution >= 0.6 is 23.1 Å². The number of sulfonamides is 1. The highest BCUT2D eigenvalue weighted by Crippen LogP contribution is 2.31. The van der Waals surface area contributed by atoms with E-state index in [0.717, 1.165) is 33.5 Å². The number of rotatable bonds is 7. The molecular weight excluding hydrogens is 436 g/mol. The molecule has 0 bridgehead atoms. The molecule has 0 spiro atoms. The molecule has 2 heterocycles. The second-order valence-corrected chi connectivity index (χ2v) is 11.1. The van der Waals surface area contributed by atoms with Crippen LogP contribution in [0.25, 0.3) is 22.3 Å². The molecular formula is C21H22N4O2S3. The molecule has 0 aliphatic heterocycles. The van der Waals surface area contributed by atoms with Crippen molar-refractivity contribution in [2.45, 2.75) is 28.5 Å². The Morgan fingerprint density at radius 1 is 1.10 bits per heavy atom. The van der Waals surface area contributed by atoms with Crippen molar-refractivity contribution in [3.63, 3.8) is 0 Å². The predicted octanol–water partition coefficient (Wildman–Crippen LogP) is 4.72. The molecule has 2 aromatic carbocycles. The van der Waals surface area contributed by atoms with Crippen LogP contribution in [-0.2, 0) is 22.3 Å². The lowest BCUT2D eigenvalue weighted by atomic mass is 10.2. The Kier molecular flexibility index (Phi) is 5.97. The van der Waals surface area contributed by atoms with Crippen molar-refractivity contribution in [2.24, 2.45) is 0 Å². The summed E-state index contributed by atoms with van der Waals surface area (Å²) < 4.78 is 29.2. The van der Waals surface area contributed by atoms with Gasteiger partial charge in [-0.25, -0.2) is 22.7 Å². The molecule has 0 unspecified atom stereocenters. The van der Waals surface area contributed by atoms with Crippen LogP contribution in [-0.4, -0.2) is 41.4 Å². The second kappa shape index (κ2) is 8.50. The van der Waals surface area contributed by atoms with Crippen molar-refractivity contribution in [1.29, 1.82) is 0 Å². The number of nitrogens with zero attached hydrogens (tertiary/aromatic N) is 4. The van der Waals surface area contributed by atoms with E-state index in [1.165, 1.54) is 18.4 Å². The van der Waals surface area contributed by atoms with E-state index in [0.29, 0.717) is 11.3 Å². The molecule has 0 atom stereocenters. The molecule has 0 saturated heterocycles. The van der Waals surface area contributed by atoms with Crippen molar-refractivity contribution in [1.82, 2.24) is 18.8 Å². The maximum atomic E-state index is 12.4. The van der Waals surface area contributed by atoms with Gasteiger partial charge in [0.25, 0.3) is 0 Å². The number of hydrogen-bond acceptors (Lipinski definition) is 6. The monoisotopic (exact) mass is 458 g/mol. The number of thioether (sulfide) groups is 1. The molecule has 0 saturated carbocycles. The van der Waals surface area contributed by atoms with E-state index in [2.05, 4.69) is 29.0 Å². The molecule has 4 aromatic rings. The lowest BCUT2D eigenvalue weighted by Gasteiger charge is -2.11. The van der Waals surface area contributed by atoms with Crippen LogP contribution in [0.3, 0.4) is 0 Å². The Hall–Kier alpha value is -2.20. The number of benzene rings is 2. The van der Waals surface area contributed by atoms with Gasteiger partial charge in [0.05, 0.1) is 27.4 Å². The first kappa shape index (κ1) is 21.0. The van der Waals surface area contributed by atoms with Gasteiger partial charge in [-0.15, -0.1) is 11.3 Å². The average molecular weight is 459 g/mol. The highest BCUT2D eigenvalue weighted by atomic mass is 32.2. The number of fused-ring (bicyclic) bond motifs is 1. The summed E-state index contributed by atoms with van der Waals surface area (Å²) in [6.45, 7) is 2.83. The molecule has 0 N–H and O–H groups in total. The van der Waals surface area contributed by atoms with Gasteiger partial charge in [0.2, 0.25) is 10.0 Å². The molecule has 0 amide bonds. The van der Waals surface area contributed by atoms with Crippen molar-refractivity contribution >= 4 is 44.2 Å². The summed E-state index contributed by atoms with van der Waals surface area (Å²) >= 11 is 3.27. The third kappa shape index (κ3) is 4.02. The molecule has 0 aliphatic carbocycles. The van der Waals surface area contributed by atoms with Crippen LogP contribution in [0, 0.1) is 0 Å². The summed E-state index contributed by atoms with van der Waals surface area (Å²) in [4.78, 5) is 9.72.